The van der Waals surface area contributed by atoms with Gasteiger partial charge in [-0.25, -0.2) is 0 Å². The van der Waals surface area contributed by atoms with Gasteiger partial charge in [0.05, 0.1) is 38.0 Å². The lowest BCUT2D eigenvalue weighted by Gasteiger charge is -2.33. The van der Waals surface area contributed by atoms with Crippen molar-refractivity contribution in [2.75, 3.05) is 32.8 Å². The Kier molecular flexibility index (Phi) is 5.69. The van der Waals surface area contributed by atoms with E-state index >= 15 is 0 Å². The Bertz CT molecular complexity index is 788. The number of thioether (sulfide) groups is 1. The molecule has 142 valence electrons. The van der Waals surface area contributed by atoms with Crippen LogP contribution < -0.4 is 9.64 Å². The summed E-state index contributed by atoms with van der Waals surface area (Å²) in [6, 6.07) is 16.8. The lowest BCUT2D eigenvalue weighted by Crippen LogP contribution is -3.13. The Morgan fingerprint density at radius 3 is 2.74 bits per heavy atom. The number of benzene rings is 2. The molecule has 2 aromatic carbocycles. The highest BCUT2D eigenvalue weighted by molar-refractivity contribution is 8.00. The molecule has 0 saturated carbocycles. The lowest BCUT2D eigenvalue weighted by molar-refractivity contribution is -0.917. The number of carbonyl (C=O) groups excluding carboxylic acids is 1. The average molecular weight is 384 g/mol. The van der Waals surface area contributed by atoms with Gasteiger partial charge in [0.25, 0.3) is 0 Å². The molecule has 0 bridgehead atoms. The first-order valence-electron chi connectivity index (χ1n) is 9.78. The third-order valence-corrected chi connectivity index (χ3v) is 6.49. The van der Waals surface area contributed by atoms with Gasteiger partial charge in [-0.3, -0.25) is 4.79 Å². The molecule has 0 unspecified atom stereocenters. The topological polar surface area (TPSA) is 34.0 Å². The second-order valence-electron chi connectivity index (χ2n) is 7.37. The molecular weight excluding hydrogens is 356 g/mol. The summed E-state index contributed by atoms with van der Waals surface area (Å²) in [5, 5.41) is -0.0364. The quantitative estimate of drug-likeness (QED) is 0.803. The summed E-state index contributed by atoms with van der Waals surface area (Å²) in [5.74, 6) is 1.31. The van der Waals surface area contributed by atoms with E-state index in [0.29, 0.717) is 0 Å². The van der Waals surface area contributed by atoms with Crippen LogP contribution in [-0.2, 0) is 17.8 Å². The van der Waals surface area contributed by atoms with E-state index in [1.807, 2.05) is 30.0 Å². The summed E-state index contributed by atoms with van der Waals surface area (Å²) in [5.41, 5.74) is 2.72. The van der Waals surface area contributed by atoms with Crippen LogP contribution in [0.25, 0.3) is 0 Å². The fraction of sp³-hybridized carbons (Fsp3) is 0.409. The van der Waals surface area contributed by atoms with Crippen molar-refractivity contribution in [1.82, 2.24) is 4.90 Å². The van der Waals surface area contributed by atoms with Gasteiger partial charge in [-0.1, -0.05) is 18.2 Å². The van der Waals surface area contributed by atoms with Crippen LogP contribution in [0.15, 0.2) is 53.4 Å². The second-order valence-corrected chi connectivity index (χ2v) is 8.78. The van der Waals surface area contributed by atoms with E-state index in [4.69, 9.17) is 4.74 Å². The maximum atomic E-state index is 12.8. The third-order valence-electron chi connectivity index (χ3n) is 5.39. The molecule has 0 aromatic heterocycles. The SMILES string of the molecule is C[C@H](Sc1ccccc1)C(=O)N1CC[NH+](Cc2ccc3c(c2)CCO3)CC1. The van der Waals surface area contributed by atoms with Crippen LogP contribution in [0.5, 0.6) is 5.75 Å². The summed E-state index contributed by atoms with van der Waals surface area (Å²) < 4.78 is 5.60. The molecule has 2 aromatic rings. The van der Waals surface area contributed by atoms with Gasteiger partial charge in [0.1, 0.15) is 12.3 Å². The number of hydrogen-bond donors (Lipinski definition) is 1. The first-order valence-corrected chi connectivity index (χ1v) is 10.7. The van der Waals surface area contributed by atoms with Gasteiger partial charge in [0.15, 0.2) is 0 Å². The predicted octanol–water partition coefficient (Wildman–Crippen LogP) is 2.03. The van der Waals surface area contributed by atoms with Gasteiger partial charge in [-0.05, 0) is 42.8 Å². The Balaban J connectivity index is 1.27. The first-order chi connectivity index (χ1) is 13.2. The fourth-order valence-electron chi connectivity index (χ4n) is 3.87. The number of fused-ring (bicyclic) bond motifs is 1. The molecular formula is C22H27N2O2S+. The van der Waals surface area contributed by atoms with E-state index in [-0.39, 0.29) is 11.2 Å². The van der Waals surface area contributed by atoms with Crippen molar-refractivity contribution >= 4 is 17.7 Å². The van der Waals surface area contributed by atoms with Crippen molar-refractivity contribution in [3.8, 4) is 5.75 Å². The van der Waals surface area contributed by atoms with Crippen LogP contribution in [0, 0.1) is 0 Å². The number of carbonyl (C=O) groups is 1. The molecule has 5 heteroatoms. The Hall–Kier alpha value is -1.98. The van der Waals surface area contributed by atoms with E-state index in [1.165, 1.54) is 11.1 Å². The van der Waals surface area contributed by atoms with Gasteiger partial charge in [0, 0.05) is 16.9 Å². The molecule has 2 aliphatic rings. The minimum Gasteiger partial charge on any atom is -0.493 e. The summed E-state index contributed by atoms with van der Waals surface area (Å²) >= 11 is 1.65. The van der Waals surface area contributed by atoms with Crippen molar-refractivity contribution < 1.29 is 14.4 Å². The Morgan fingerprint density at radius 2 is 1.96 bits per heavy atom. The summed E-state index contributed by atoms with van der Waals surface area (Å²) in [6.45, 7) is 7.59. The maximum Gasteiger partial charge on any atom is 0.236 e. The normalized spacial score (nSPS) is 18.0. The van der Waals surface area contributed by atoms with Gasteiger partial charge in [-0.15, -0.1) is 11.8 Å². The largest absolute Gasteiger partial charge is 0.493 e. The van der Waals surface area contributed by atoms with Gasteiger partial charge >= 0.3 is 0 Å². The highest BCUT2D eigenvalue weighted by Gasteiger charge is 2.27. The lowest BCUT2D eigenvalue weighted by atomic mass is 10.1. The zero-order valence-electron chi connectivity index (χ0n) is 15.8. The van der Waals surface area contributed by atoms with Crippen LogP contribution in [0.2, 0.25) is 0 Å². The minimum atomic E-state index is -0.0364. The van der Waals surface area contributed by atoms with E-state index in [2.05, 4.69) is 30.3 Å². The molecule has 27 heavy (non-hydrogen) atoms. The minimum absolute atomic E-state index is 0.0364. The summed E-state index contributed by atoms with van der Waals surface area (Å²) in [7, 11) is 0. The molecule has 1 amide bonds. The molecule has 2 heterocycles. The molecule has 1 N–H and O–H groups in total. The molecule has 0 spiro atoms. The van der Waals surface area contributed by atoms with Crippen LogP contribution in [0.3, 0.4) is 0 Å². The van der Waals surface area contributed by atoms with Crippen LogP contribution in [0.4, 0.5) is 0 Å². The average Bonchev–Trinajstić information content (AvgIpc) is 3.16. The van der Waals surface area contributed by atoms with Crippen molar-refractivity contribution in [2.24, 2.45) is 0 Å². The first kappa shape index (κ1) is 18.4. The smallest absolute Gasteiger partial charge is 0.236 e. The second kappa shape index (κ2) is 8.36. The number of rotatable bonds is 5. The molecule has 1 saturated heterocycles. The molecule has 4 nitrogen and oxygen atoms in total. The number of amides is 1. The van der Waals surface area contributed by atoms with Crippen LogP contribution in [0.1, 0.15) is 18.1 Å². The van der Waals surface area contributed by atoms with Crippen LogP contribution in [-0.4, -0.2) is 48.8 Å². The molecule has 1 fully saturated rings. The zero-order chi connectivity index (χ0) is 18.6. The fourth-order valence-corrected chi connectivity index (χ4v) is 4.84. The van der Waals surface area contributed by atoms with Crippen molar-refractivity contribution in [3.63, 3.8) is 0 Å². The predicted molar refractivity (Wildman–Crippen MR) is 108 cm³/mol. The molecule has 0 aliphatic carbocycles. The number of quaternary nitrogens is 1. The number of nitrogens with zero attached hydrogens (tertiary/aromatic N) is 1. The van der Waals surface area contributed by atoms with Crippen molar-refractivity contribution in [3.05, 3.63) is 59.7 Å². The van der Waals surface area contributed by atoms with E-state index in [9.17, 15) is 4.79 Å². The Labute approximate surface area is 165 Å². The van der Waals surface area contributed by atoms with Gasteiger partial charge in [0.2, 0.25) is 5.91 Å². The van der Waals surface area contributed by atoms with Crippen molar-refractivity contribution in [1.29, 1.82) is 0 Å². The number of hydrogen-bond acceptors (Lipinski definition) is 3. The number of nitrogens with one attached hydrogen (secondary N) is 1. The van der Waals surface area contributed by atoms with Gasteiger partial charge < -0.3 is 14.5 Å². The molecule has 1 atom stereocenters. The van der Waals surface area contributed by atoms with Crippen LogP contribution >= 0.6 is 11.8 Å². The van der Waals surface area contributed by atoms with E-state index in [1.54, 1.807) is 16.7 Å². The maximum absolute atomic E-state index is 12.8. The molecule has 0 radical (unpaired) electrons. The van der Waals surface area contributed by atoms with Gasteiger partial charge in [-0.2, -0.15) is 0 Å². The summed E-state index contributed by atoms with van der Waals surface area (Å²) in [6.07, 6.45) is 1.03. The van der Waals surface area contributed by atoms with Crippen molar-refractivity contribution in [2.45, 2.75) is 30.0 Å². The van der Waals surface area contributed by atoms with E-state index < -0.39 is 0 Å². The Morgan fingerprint density at radius 1 is 1.19 bits per heavy atom. The monoisotopic (exact) mass is 383 g/mol. The summed E-state index contributed by atoms with van der Waals surface area (Å²) in [4.78, 5) is 17.5. The highest BCUT2D eigenvalue weighted by atomic mass is 32.2. The molecule has 4 rings (SSSR count). The molecule has 2 aliphatic heterocycles. The number of piperazine rings is 1. The standard InChI is InChI=1S/C22H26N2O2S/c1-17(27-20-5-3-2-4-6-20)22(25)24-12-10-23(11-13-24)16-18-7-8-21-19(15-18)9-14-26-21/h2-8,15,17H,9-14,16H2,1H3/p+1/t17-/m0/s1. The third kappa shape index (κ3) is 4.47. The highest BCUT2D eigenvalue weighted by Crippen LogP contribution is 2.26. The number of ether oxygens (including phenoxy) is 1. The van der Waals surface area contributed by atoms with E-state index in [0.717, 1.165) is 56.4 Å². The zero-order valence-corrected chi connectivity index (χ0v) is 16.6.